The molecule has 0 unspecified atom stereocenters. The van der Waals surface area contributed by atoms with Crippen LogP contribution in [-0.2, 0) is 14.6 Å². The van der Waals surface area contributed by atoms with E-state index < -0.39 is 27.5 Å². The highest BCUT2D eigenvalue weighted by Gasteiger charge is 2.16. The van der Waals surface area contributed by atoms with Gasteiger partial charge in [0.05, 0.1) is 16.3 Å². The Morgan fingerprint density at radius 3 is 2.50 bits per heavy atom. The number of amides is 1. The summed E-state index contributed by atoms with van der Waals surface area (Å²) in [5.74, 6) is -2.53. The third-order valence-corrected chi connectivity index (χ3v) is 4.39. The van der Waals surface area contributed by atoms with Crippen LogP contribution >= 0.6 is 11.6 Å². The van der Waals surface area contributed by atoms with E-state index in [1.807, 2.05) is 0 Å². The number of aromatic carboxylic acids is 1. The molecule has 0 fully saturated rings. The second kappa shape index (κ2) is 6.71. The zero-order chi connectivity index (χ0) is 15.3. The van der Waals surface area contributed by atoms with Gasteiger partial charge in [0.15, 0.2) is 9.84 Å². The summed E-state index contributed by atoms with van der Waals surface area (Å²) in [6, 6.07) is 3.84. The summed E-state index contributed by atoms with van der Waals surface area (Å²) in [7, 11) is -3.42. The first-order valence-electron chi connectivity index (χ1n) is 5.78. The number of benzene rings is 1. The quantitative estimate of drug-likeness (QED) is 0.832. The molecule has 0 radical (unpaired) electrons. The Kier molecular flexibility index (Phi) is 5.52. The van der Waals surface area contributed by atoms with E-state index in [0.717, 1.165) is 0 Å². The number of anilines is 1. The van der Waals surface area contributed by atoms with Crippen molar-refractivity contribution in [2.45, 2.75) is 13.3 Å². The number of hydrogen-bond donors (Lipinski definition) is 2. The van der Waals surface area contributed by atoms with E-state index in [9.17, 15) is 18.0 Å². The Hall–Kier alpha value is -1.60. The van der Waals surface area contributed by atoms with Gasteiger partial charge in [-0.1, -0.05) is 18.5 Å². The van der Waals surface area contributed by atoms with E-state index in [-0.39, 0.29) is 22.0 Å². The molecule has 1 aromatic carbocycles. The van der Waals surface area contributed by atoms with Crippen LogP contribution in [0.4, 0.5) is 5.69 Å². The van der Waals surface area contributed by atoms with Crippen molar-refractivity contribution in [1.82, 2.24) is 0 Å². The van der Waals surface area contributed by atoms with Crippen molar-refractivity contribution in [3.8, 4) is 0 Å². The zero-order valence-corrected chi connectivity index (χ0v) is 12.3. The fraction of sp³-hybridized carbons (Fsp3) is 0.333. The van der Waals surface area contributed by atoms with Gasteiger partial charge in [0.2, 0.25) is 5.91 Å². The number of carboxylic acid groups (broad SMARTS) is 1. The molecule has 1 rings (SSSR count). The lowest BCUT2D eigenvalue weighted by molar-refractivity contribution is -0.113. The van der Waals surface area contributed by atoms with Gasteiger partial charge in [-0.2, -0.15) is 0 Å². The molecule has 1 aromatic rings. The maximum absolute atomic E-state index is 11.6. The Labute approximate surface area is 121 Å². The molecule has 20 heavy (non-hydrogen) atoms. The number of carbonyl (C=O) groups excluding carboxylic acids is 1. The molecule has 0 bridgehead atoms. The van der Waals surface area contributed by atoms with Crippen LogP contribution in [0, 0.1) is 0 Å². The van der Waals surface area contributed by atoms with Gasteiger partial charge < -0.3 is 10.4 Å². The fourth-order valence-electron chi connectivity index (χ4n) is 1.55. The average molecular weight is 320 g/mol. The predicted molar refractivity (Wildman–Crippen MR) is 76.0 cm³/mol. The number of nitrogens with one attached hydrogen (secondary N) is 1. The second-order valence-corrected chi connectivity index (χ2v) is 6.73. The van der Waals surface area contributed by atoms with E-state index in [4.69, 9.17) is 16.7 Å². The number of rotatable bonds is 6. The molecule has 0 saturated carbocycles. The Morgan fingerprint density at radius 1 is 1.35 bits per heavy atom. The first kappa shape index (κ1) is 16.5. The van der Waals surface area contributed by atoms with Gasteiger partial charge in [-0.15, -0.1) is 0 Å². The van der Waals surface area contributed by atoms with Gasteiger partial charge in [-0.25, -0.2) is 13.2 Å². The van der Waals surface area contributed by atoms with E-state index >= 15 is 0 Å². The summed E-state index contributed by atoms with van der Waals surface area (Å²) >= 11 is 5.74. The van der Waals surface area contributed by atoms with Crippen LogP contribution in [-0.4, -0.2) is 36.9 Å². The summed E-state index contributed by atoms with van der Waals surface area (Å²) in [5, 5.41) is 11.1. The van der Waals surface area contributed by atoms with Gasteiger partial charge in [0.1, 0.15) is 5.75 Å². The molecule has 2 N–H and O–H groups in total. The smallest absolute Gasteiger partial charge is 0.337 e. The lowest BCUT2D eigenvalue weighted by Crippen LogP contribution is -2.24. The number of carboxylic acids is 1. The molecule has 0 aromatic heterocycles. The van der Waals surface area contributed by atoms with Crippen LogP contribution in [0.2, 0.25) is 5.02 Å². The van der Waals surface area contributed by atoms with Gasteiger partial charge in [0.25, 0.3) is 0 Å². The Bertz CT molecular complexity index is 627. The van der Waals surface area contributed by atoms with Gasteiger partial charge in [0, 0.05) is 5.69 Å². The minimum absolute atomic E-state index is 0.0354. The average Bonchev–Trinajstić information content (AvgIpc) is 2.26. The van der Waals surface area contributed by atoms with E-state index in [2.05, 4.69) is 5.32 Å². The molecular formula is C12H14ClNO5S. The number of hydrogen-bond acceptors (Lipinski definition) is 4. The normalized spacial score (nSPS) is 11.1. The summed E-state index contributed by atoms with van der Waals surface area (Å²) in [4.78, 5) is 22.3. The molecule has 0 aliphatic rings. The molecule has 0 saturated heterocycles. The van der Waals surface area contributed by atoms with Crippen LogP contribution in [0.25, 0.3) is 0 Å². The van der Waals surface area contributed by atoms with Crippen LogP contribution in [0.5, 0.6) is 0 Å². The summed E-state index contributed by atoms with van der Waals surface area (Å²) < 4.78 is 23.0. The van der Waals surface area contributed by atoms with Crippen molar-refractivity contribution in [3.63, 3.8) is 0 Å². The summed E-state index contributed by atoms with van der Waals surface area (Å²) in [5.41, 5.74) is 0.153. The van der Waals surface area contributed by atoms with E-state index in [1.165, 1.54) is 18.2 Å². The highest BCUT2D eigenvalue weighted by molar-refractivity contribution is 7.92. The lowest BCUT2D eigenvalue weighted by atomic mass is 10.2. The monoisotopic (exact) mass is 319 g/mol. The molecule has 0 aliphatic carbocycles. The minimum atomic E-state index is -3.42. The SMILES string of the molecule is CCCS(=O)(=O)CC(=O)Nc1ccc(C(=O)O)c(Cl)c1. The molecule has 8 heteroatoms. The standard InChI is InChI=1S/C12H14ClNO5S/c1-2-5-20(18,19)7-11(15)14-8-3-4-9(12(16)17)10(13)6-8/h3-4,6H,2,5,7H2,1H3,(H,14,15)(H,16,17). The molecule has 110 valence electrons. The van der Waals surface area contributed by atoms with Gasteiger partial charge in [-0.05, 0) is 24.6 Å². The third kappa shape index (κ3) is 4.82. The maximum Gasteiger partial charge on any atom is 0.337 e. The molecular weight excluding hydrogens is 306 g/mol. The van der Waals surface area contributed by atoms with Crippen LogP contribution < -0.4 is 5.32 Å². The molecule has 1 amide bonds. The highest BCUT2D eigenvalue weighted by Crippen LogP contribution is 2.21. The maximum atomic E-state index is 11.6. The van der Waals surface area contributed by atoms with Gasteiger partial charge >= 0.3 is 5.97 Å². The highest BCUT2D eigenvalue weighted by atomic mass is 35.5. The first-order valence-corrected chi connectivity index (χ1v) is 7.98. The molecule has 0 aliphatic heterocycles. The second-order valence-electron chi connectivity index (χ2n) is 4.14. The fourth-order valence-corrected chi connectivity index (χ4v) is 3.05. The van der Waals surface area contributed by atoms with Crippen molar-refractivity contribution < 1.29 is 23.1 Å². The minimum Gasteiger partial charge on any atom is -0.478 e. The van der Waals surface area contributed by atoms with Crippen molar-refractivity contribution in [3.05, 3.63) is 28.8 Å². The van der Waals surface area contributed by atoms with Gasteiger partial charge in [-0.3, -0.25) is 4.79 Å². The molecule has 0 heterocycles. The molecule has 0 spiro atoms. The Balaban J connectivity index is 2.77. The molecule has 0 atom stereocenters. The Morgan fingerprint density at radius 2 is 2.00 bits per heavy atom. The lowest BCUT2D eigenvalue weighted by Gasteiger charge is -2.07. The first-order chi connectivity index (χ1) is 9.25. The van der Waals surface area contributed by atoms with Crippen LogP contribution in [0.3, 0.4) is 0 Å². The number of sulfone groups is 1. The largest absolute Gasteiger partial charge is 0.478 e. The third-order valence-electron chi connectivity index (χ3n) is 2.35. The van der Waals surface area contributed by atoms with Crippen molar-refractivity contribution in [2.75, 3.05) is 16.8 Å². The van der Waals surface area contributed by atoms with Crippen molar-refractivity contribution in [2.24, 2.45) is 0 Å². The topological polar surface area (TPSA) is 101 Å². The van der Waals surface area contributed by atoms with Crippen LogP contribution in [0.1, 0.15) is 23.7 Å². The summed E-state index contributed by atoms with van der Waals surface area (Å²) in [6.45, 7) is 1.71. The number of halogens is 1. The summed E-state index contributed by atoms with van der Waals surface area (Å²) in [6.07, 6.45) is 0.439. The predicted octanol–water partition coefficient (Wildman–Crippen LogP) is 1.80. The van der Waals surface area contributed by atoms with E-state index in [1.54, 1.807) is 6.92 Å². The van der Waals surface area contributed by atoms with Crippen LogP contribution in [0.15, 0.2) is 18.2 Å². The van der Waals surface area contributed by atoms with Crippen molar-refractivity contribution >= 4 is 39.0 Å². The zero-order valence-electron chi connectivity index (χ0n) is 10.7. The van der Waals surface area contributed by atoms with Crippen molar-refractivity contribution in [1.29, 1.82) is 0 Å². The van der Waals surface area contributed by atoms with E-state index in [0.29, 0.717) is 6.42 Å². The number of carbonyl (C=O) groups is 2. The molecule has 6 nitrogen and oxygen atoms in total.